The Balaban J connectivity index is 0.000000163. The van der Waals surface area contributed by atoms with E-state index >= 15 is 0 Å². The fraction of sp³-hybridized carbons (Fsp3) is 0.120. The molecule has 16 aromatic carbocycles. The van der Waals surface area contributed by atoms with E-state index in [1.54, 1.807) is 0 Å². The molecule has 0 amide bonds. The maximum atomic E-state index is 10.0. The normalized spacial score (nSPS) is 12.1. The molecule has 0 bridgehead atoms. The summed E-state index contributed by atoms with van der Waals surface area (Å²) in [5.74, 6) is 0.375. The molecule has 0 saturated carbocycles. The molecule has 23 rings (SSSR count). The second kappa shape index (κ2) is 52.1. The molecule has 5 aromatic heterocycles. The second-order valence-corrected chi connectivity index (χ2v) is 36.8. The summed E-state index contributed by atoms with van der Waals surface area (Å²) in [6.07, 6.45) is 14.7. The largest absolute Gasteiger partial charge is 0.512 e. The molecule has 0 fully saturated rings. The van der Waals surface area contributed by atoms with Crippen molar-refractivity contribution in [2.75, 3.05) is 0 Å². The Bertz CT molecular complexity index is 8290. The Kier molecular flexibility index (Phi) is 39.4. The molecular formula is C133H113Ir4N5O8-2. The number of fused-ring (bicyclic) bond motifs is 18. The van der Waals surface area contributed by atoms with Crippen molar-refractivity contribution in [2.45, 2.75) is 107 Å². The van der Waals surface area contributed by atoms with E-state index in [-0.39, 0.29) is 137 Å². The summed E-state index contributed by atoms with van der Waals surface area (Å²) in [6.45, 7) is 21.0. The maximum Gasteiger partial charge on any atom is 0.316 e. The molecule has 4 radical (unpaired) electrons. The Morgan fingerprint density at radius 2 is 0.660 bits per heavy atom. The van der Waals surface area contributed by atoms with Gasteiger partial charge in [0.1, 0.15) is 0 Å². The van der Waals surface area contributed by atoms with Crippen molar-refractivity contribution in [3.63, 3.8) is 0 Å². The van der Waals surface area contributed by atoms with Crippen LogP contribution in [0, 0.1) is 24.3 Å². The Labute approximate surface area is 930 Å². The summed E-state index contributed by atoms with van der Waals surface area (Å²) in [6, 6.07) is 140. The first-order valence-corrected chi connectivity index (χ1v) is 48.8. The maximum absolute atomic E-state index is 10.0. The molecule has 0 unspecified atom stereocenters. The molecule has 2 aliphatic carbocycles. The summed E-state index contributed by atoms with van der Waals surface area (Å²) in [5, 5.41) is 53.0. The molecule has 17 heteroatoms. The first-order valence-electron chi connectivity index (χ1n) is 48.8. The number of carbonyl (C=O) groups is 2. The Morgan fingerprint density at radius 3 is 1.08 bits per heavy atom. The van der Waals surface area contributed by atoms with E-state index in [1.165, 1.54) is 216 Å². The standard InChI is InChI=1S/C36H28N.C28H20N.C25H16N.C24H15N2.4C5H8O2.4Ir/c1-3-36(4-2)33-12-8-7-11-30(33)31-19-18-27(23-34(31)36)24-13-15-26(16-14-24)35-32-20-17-25-9-5-6-10-28(25)29(32)21-22-37-35;1-28(2)25-10-6-5-9-22(25)23-13-12-19(17-26(23)28)27-24-14-11-18-7-3-4-8-20(18)21(24)15-16-29-27;1-2-7-18(8-3-1)20-10-6-11-21(17-20)25-24-14-13-19-9-4-5-12-22(19)23(24)15-16-26-25;1-2-8-18(9-3-1)22-11-6-12-23(26-22)24-21-14-13-17-7-4-5-10-19(17)20(21)15-16-25-24;4*1-4(6)3-5(2)7;;;;/h5-15,17-23H,3-4H2,1-2H3;3-11,13-17H,1-2H3;1-10,12-17H;1-11,13-16H;4*3,6H,1-2H3;;;;/q4*-1;;;;;;;;/p+2. The summed E-state index contributed by atoms with van der Waals surface area (Å²) in [7, 11) is 0. The second-order valence-electron chi connectivity index (χ2n) is 36.8. The molecule has 0 aliphatic heterocycles. The third-order valence-electron chi connectivity index (χ3n) is 26.1. The topological polar surface area (TPSA) is 222 Å². The Morgan fingerprint density at radius 1 is 0.293 bits per heavy atom. The van der Waals surface area contributed by atoms with Crippen molar-refractivity contribution in [3.05, 3.63) is 477 Å². The smallest absolute Gasteiger partial charge is 0.316 e. The van der Waals surface area contributed by atoms with Crippen LogP contribution < -0.4 is 0 Å². The van der Waals surface area contributed by atoms with Crippen molar-refractivity contribution in [3.8, 4) is 101 Å². The monoisotopic (exact) mass is 2680 g/mol. The van der Waals surface area contributed by atoms with E-state index < -0.39 is 0 Å². The van der Waals surface area contributed by atoms with Gasteiger partial charge >= 0.3 is 11.6 Å². The van der Waals surface area contributed by atoms with Gasteiger partial charge in [0.15, 0.2) is 11.6 Å². The SMILES string of the molecule is CC(=O)C=C(C)O.CC(=O)C=C(C)O.CC(=[OH+])C=C(C)O.CC(=[OH+])C=C(C)O.CC1(C)c2ccccc2-c2c[c-]c(-c3nccc4c3ccc3ccccc34)cc21.CCC1(CC)c2ccccc2-c2ccc(-c3c[c-]c(-c4nccc5c4ccc4ccccc45)cc3)cc21.[Ir].[Ir].[Ir].[Ir].[c-]1ccc(-c2ccccc2)cc1-c1nccc2c1ccc1ccccc12.[c-]1ccc(-c2ccccc2)nc1-c1nccc2c1ccc1ccccc12. The molecule has 0 spiro atoms. The third-order valence-corrected chi connectivity index (χ3v) is 26.1. The van der Waals surface area contributed by atoms with Gasteiger partial charge in [-0.15, -0.1) is 101 Å². The molecule has 5 heterocycles. The summed E-state index contributed by atoms with van der Waals surface area (Å²) >= 11 is 0. The molecule has 0 atom stereocenters. The number of aliphatic hydroxyl groups excluding tert-OH is 4. The van der Waals surface area contributed by atoms with E-state index in [1.807, 2.05) is 67.3 Å². The van der Waals surface area contributed by atoms with Crippen molar-refractivity contribution < 1.29 is 120 Å². The van der Waals surface area contributed by atoms with E-state index in [4.69, 9.17) is 45.0 Å². The van der Waals surface area contributed by atoms with Gasteiger partial charge in [-0.1, -0.05) is 323 Å². The van der Waals surface area contributed by atoms with Crippen LogP contribution in [0.1, 0.15) is 118 Å². The molecule has 0 saturated heterocycles. The van der Waals surface area contributed by atoms with Crippen LogP contribution in [0.5, 0.6) is 0 Å². The molecule has 756 valence electrons. The molecule has 21 aromatic rings. The van der Waals surface area contributed by atoms with Gasteiger partial charge in [0.2, 0.25) is 0 Å². The van der Waals surface area contributed by atoms with Gasteiger partial charge in [-0.3, -0.25) is 24.2 Å². The average Bonchev–Trinajstić information content (AvgIpc) is 1.57. The van der Waals surface area contributed by atoms with Gasteiger partial charge in [-0.25, -0.2) is 0 Å². The first kappa shape index (κ1) is 114. The molecule has 150 heavy (non-hydrogen) atoms. The number of ketones is 4. The van der Waals surface area contributed by atoms with E-state index in [2.05, 4.69) is 377 Å². The van der Waals surface area contributed by atoms with Crippen molar-refractivity contribution in [1.29, 1.82) is 0 Å². The number of benzene rings is 16. The molecule has 2 aliphatic rings. The number of carbonyl (C=O) groups excluding carboxylic acids is 4. The van der Waals surface area contributed by atoms with Crippen LogP contribution in [0.25, 0.3) is 187 Å². The van der Waals surface area contributed by atoms with E-state index in [0.717, 1.165) is 85.4 Å². The van der Waals surface area contributed by atoms with Crippen molar-refractivity contribution in [1.82, 2.24) is 24.9 Å². The number of hydrogen-bond donors (Lipinski definition) is 4. The van der Waals surface area contributed by atoms with Crippen LogP contribution in [0.4, 0.5) is 0 Å². The molecule has 13 nitrogen and oxygen atoms in total. The van der Waals surface area contributed by atoms with Gasteiger partial charge in [-0.05, 0) is 238 Å². The van der Waals surface area contributed by atoms with Crippen LogP contribution in [0.15, 0.2) is 430 Å². The minimum Gasteiger partial charge on any atom is -0.512 e. The summed E-state index contributed by atoms with van der Waals surface area (Å²) in [5.41, 5.74) is 25.7. The summed E-state index contributed by atoms with van der Waals surface area (Å²) in [4.78, 5) is 60.5. The fourth-order valence-corrected chi connectivity index (χ4v) is 19.6. The van der Waals surface area contributed by atoms with Gasteiger partial charge in [0.25, 0.3) is 0 Å². The van der Waals surface area contributed by atoms with Crippen LogP contribution in [-0.2, 0) is 101 Å². The molecular weight excluding hydrogens is 2560 g/mol. The first-order chi connectivity index (χ1) is 70.7. The zero-order chi connectivity index (χ0) is 103. The number of aromatic nitrogens is 5. The van der Waals surface area contributed by atoms with Gasteiger partial charge < -0.3 is 40.4 Å². The third kappa shape index (κ3) is 26.2. The van der Waals surface area contributed by atoms with Gasteiger partial charge in [-0.2, -0.15) is 12.1 Å². The van der Waals surface area contributed by atoms with Crippen LogP contribution in [0.3, 0.4) is 0 Å². The minimum atomic E-state index is -0.125. The van der Waals surface area contributed by atoms with E-state index in [9.17, 15) is 9.59 Å². The fourth-order valence-electron chi connectivity index (χ4n) is 19.6. The van der Waals surface area contributed by atoms with E-state index in [0.29, 0.717) is 0 Å². The predicted molar refractivity (Wildman–Crippen MR) is 605 cm³/mol. The van der Waals surface area contributed by atoms with Crippen LogP contribution in [-0.4, -0.2) is 78.1 Å². The van der Waals surface area contributed by atoms with Crippen molar-refractivity contribution in [2.24, 2.45) is 0 Å². The number of aliphatic hydroxyl groups is 4. The predicted octanol–water partition coefficient (Wildman–Crippen LogP) is 33.3. The average molecular weight is 2680 g/mol. The zero-order valence-electron chi connectivity index (χ0n) is 85.2. The quantitative estimate of drug-likeness (QED) is 0.0279. The number of hydrogen-bond acceptors (Lipinski definition) is 11. The van der Waals surface area contributed by atoms with Gasteiger partial charge in [0.05, 0.1) is 49.0 Å². The number of allylic oxidation sites excluding steroid dienone is 8. The van der Waals surface area contributed by atoms with Crippen LogP contribution in [0.2, 0.25) is 0 Å². The number of rotatable bonds is 13. The van der Waals surface area contributed by atoms with Crippen LogP contribution >= 0.6 is 0 Å². The number of nitrogens with zero attached hydrogens (tertiary/aromatic N) is 5. The molecule has 6 N–H and O–H groups in total. The Hall–Kier alpha value is -15.2. The summed E-state index contributed by atoms with van der Waals surface area (Å²) < 4.78 is 0. The van der Waals surface area contributed by atoms with Gasteiger partial charge in [0, 0.05) is 128 Å². The zero-order valence-corrected chi connectivity index (χ0v) is 94.7. The minimum absolute atomic E-state index is 0. The van der Waals surface area contributed by atoms with Crippen molar-refractivity contribution >= 4 is 109 Å². The number of pyridine rings is 5.